The van der Waals surface area contributed by atoms with E-state index in [9.17, 15) is 18.0 Å². The molecule has 0 atom stereocenters. The first kappa shape index (κ1) is 14.3. The molecule has 2 N–H and O–H groups in total. The molecule has 0 bridgehead atoms. The van der Waals surface area contributed by atoms with Gasteiger partial charge in [-0.2, -0.15) is 18.3 Å². The molecule has 8 heteroatoms. The minimum atomic E-state index is -4.45. The number of nitrogen functional groups attached to an aromatic ring is 1. The first-order valence-corrected chi connectivity index (χ1v) is 5.39. The maximum atomic E-state index is 12.3. The van der Waals surface area contributed by atoms with Crippen molar-refractivity contribution in [3.05, 3.63) is 11.3 Å². The van der Waals surface area contributed by atoms with Gasteiger partial charge in [0.05, 0.1) is 6.61 Å². The molecule has 0 saturated heterocycles. The van der Waals surface area contributed by atoms with Crippen molar-refractivity contribution >= 4 is 11.8 Å². The van der Waals surface area contributed by atoms with E-state index in [1.54, 1.807) is 13.8 Å². The third-order valence-electron chi connectivity index (χ3n) is 2.25. The van der Waals surface area contributed by atoms with Crippen LogP contribution in [0.3, 0.4) is 0 Å². The number of ether oxygens (including phenoxy) is 1. The number of anilines is 1. The quantitative estimate of drug-likeness (QED) is 0.842. The van der Waals surface area contributed by atoms with Crippen molar-refractivity contribution in [2.75, 3.05) is 12.3 Å². The first-order chi connectivity index (χ1) is 8.30. The minimum absolute atomic E-state index is 0.119. The zero-order valence-corrected chi connectivity index (χ0v) is 10.0. The Morgan fingerprint density at radius 2 is 2.06 bits per heavy atom. The number of aromatic nitrogens is 2. The predicted molar refractivity (Wildman–Crippen MR) is 58.0 cm³/mol. The van der Waals surface area contributed by atoms with Crippen LogP contribution in [0.25, 0.3) is 0 Å². The van der Waals surface area contributed by atoms with Gasteiger partial charge in [0, 0.05) is 5.56 Å². The van der Waals surface area contributed by atoms with Gasteiger partial charge < -0.3 is 10.5 Å². The molecule has 0 amide bonds. The van der Waals surface area contributed by atoms with Crippen LogP contribution in [0.5, 0.6) is 0 Å². The number of hydrogen-bond donors (Lipinski definition) is 1. The van der Waals surface area contributed by atoms with E-state index in [1.165, 1.54) is 0 Å². The third kappa shape index (κ3) is 3.14. The van der Waals surface area contributed by atoms with Gasteiger partial charge >= 0.3 is 12.1 Å². The molecule has 0 aromatic carbocycles. The van der Waals surface area contributed by atoms with Gasteiger partial charge in [-0.3, -0.25) is 0 Å². The summed E-state index contributed by atoms with van der Waals surface area (Å²) in [4.78, 5) is 11.5. The molecule has 0 unspecified atom stereocenters. The molecule has 0 aliphatic heterocycles. The Kier molecular flexibility index (Phi) is 4.20. The van der Waals surface area contributed by atoms with Crippen LogP contribution in [-0.2, 0) is 17.7 Å². The molecule has 1 aromatic heterocycles. The maximum absolute atomic E-state index is 12.3. The van der Waals surface area contributed by atoms with Crippen molar-refractivity contribution in [3.63, 3.8) is 0 Å². The molecule has 5 nitrogen and oxygen atoms in total. The number of alkyl halides is 3. The lowest BCUT2D eigenvalue weighted by Gasteiger charge is -2.07. The van der Waals surface area contributed by atoms with E-state index in [0.717, 1.165) is 0 Å². The summed E-state index contributed by atoms with van der Waals surface area (Å²) >= 11 is 0. The van der Waals surface area contributed by atoms with Crippen molar-refractivity contribution in [2.45, 2.75) is 33.0 Å². The lowest BCUT2D eigenvalue weighted by Crippen LogP contribution is -2.20. The lowest BCUT2D eigenvalue weighted by atomic mass is 10.2. The Morgan fingerprint density at radius 3 is 2.50 bits per heavy atom. The summed E-state index contributed by atoms with van der Waals surface area (Å²) in [7, 11) is 0. The predicted octanol–water partition coefficient (Wildman–Crippen LogP) is 1.77. The Morgan fingerprint density at radius 1 is 1.44 bits per heavy atom. The molecule has 1 aromatic rings. The van der Waals surface area contributed by atoms with Crippen molar-refractivity contribution < 1.29 is 22.7 Å². The second kappa shape index (κ2) is 5.28. The van der Waals surface area contributed by atoms with Gasteiger partial charge in [0.1, 0.15) is 12.4 Å². The van der Waals surface area contributed by atoms with E-state index in [1.807, 2.05) is 0 Å². The average molecular weight is 265 g/mol. The van der Waals surface area contributed by atoms with Gasteiger partial charge in [-0.25, -0.2) is 9.48 Å². The normalized spacial score (nSPS) is 11.6. The number of rotatable bonds is 4. The number of hydrogen-bond acceptors (Lipinski definition) is 4. The monoisotopic (exact) mass is 265 g/mol. The second-order valence-electron chi connectivity index (χ2n) is 3.56. The second-order valence-corrected chi connectivity index (χ2v) is 3.56. The van der Waals surface area contributed by atoms with E-state index < -0.39 is 18.7 Å². The van der Waals surface area contributed by atoms with Crippen LogP contribution in [-0.4, -0.2) is 28.5 Å². The molecule has 0 aliphatic rings. The molecule has 0 fully saturated rings. The summed E-state index contributed by atoms with van der Waals surface area (Å²) in [6.45, 7) is 2.06. The largest absolute Gasteiger partial charge is 0.461 e. The highest BCUT2D eigenvalue weighted by atomic mass is 19.4. The van der Waals surface area contributed by atoms with Crippen molar-refractivity contribution in [2.24, 2.45) is 0 Å². The molecule has 0 radical (unpaired) electrons. The summed E-state index contributed by atoms with van der Waals surface area (Å²) in [5.41, 5.74) is 5.67. The Hall–Kier alpha value is -1.73. The summed E-state index contributed by atoms with van der Waals surface area (Å²) in [5, 5.41) is 3.58. The number of carbonyl (C=O) groups excluding carboxylic acids is 1. The average Bonchev–Trinajstić information content (AvgIpc) is 2.54. The zero-order valence-electron chi connectivity index (χ0n) is 10.0. The topological polar surface area (TPSA) is 70.1 Å². The molecule has 0 spiro atoms. The highest BCUT2D eigenvalue weighted by molar-refractivity contribution is 5.90. The van der Waals surface area contributed by atoms with E-state index >= 15 is 0 Å². The van der Waals surface area contributed by atoms with Gasteiger partial charge in [0.25, 0.3) is 0 Å². The fourth-order valence-electron chi connectivity index (χ4n) is 1.51. The van der Waals surface area contributed by atoms with Gasteiger partial charge in [0.15, 0.2) is 5.69 Å². The van der Waals surface area contributed by atoms with E-state index in [0.29, 0.717) is 11.1 Å². The lowest BCUT2D eigenvalue weighted by molar-refractivity contribution is -0.142. The summed E-state index contributed by atoms with van der Waals surface area (Å²) in [5.74, 6) is -0.917. The van der Waals surface area contributed by atoms with Crippen LogP contribution in [0.4, 0.5) is 19.0 Å². The van der Waals surface area contributed by atoms with Gasteiger partial charge in [-0.15, -0.1) is 0 Å². The SMILES string of the molecule is CCOC(=O)c1nn(CC(F)(F)F)c(N)c1CC. The molecule has 1 rings (SSSR count). The molecule has 0 aliphatic carbocycles. The van der Waals surface area contributed by atoms with Crippen LogP contribution in [0.15, 0.2) is 0 Å². The highest BCUT2D eigenvalue weighted by Gasteiger charge is 2.31. The van der Waals surface area contributed by atoms with E-state index in [2.05, 4.69) is 5.10 Å². The number of nitrogens with two attached hydrogens (primary N) is 1. The van der Waals surface area contributed by atoms with Crippen molar-refractivity contribution in [3.8, 4) is 0 Å². The Balaban J connectivity index is 3.13. The minimum Gasteiger partial charge on any atom is -0.461 e. The van der Waals surface area contributed by atoms with Crippen molar-refractivity contribution in [1.29, 1.82) is 0 Å². The number of carbonyl (C=O) groups is 1. The molecule has 18 heavy (non-hydrogen) atoms. The van der Waals surface area contributed by atoms with Crippen molar-refractivity contribution in [1.82, 2.24) is 9.78 Å². The van der Waals surface area contributed by atoms with Crippen LogP contribution in [0.2, 0.25) is 0 Å². The van der Waals surface area contributed by atoms with E-state index in [-0.39, 0.29) is 23.7 Å². The zero-order chi connectivity index (χ0) is 13.9. The third-order valence-corrected chi connectivity index (χ3v) is 2.25. The maximum Gasteiger partial charge on any atom is 0.408 e. The molecule has 1 heterocycles. The number of halogens is 3. The van der Waals surface area contributed by atoms with Crippen LogP contribution in [0.1, 0.15) is 29.9 Å². The number of nitrogens with zero attached hydrogens (tertiary/aromatic N) is 2. The first-order valence-electron chi connectivity index (χ1n) is 5.39. The molecule has 0 saturated carbocycles. The van der Waals surface area contributed by atoms with E-state index in [4.69, 9.17) is 10.5 Å². The summed E-state index contributed by atoms with van der Waals surface area (Å²) < 4.78 is 42.1. The molecular formula is C10H14F3N3O2. The summed E-state index contributed by atoms with van der Waals surface area (Å²) in [6.07, 6.45) is -4.14. The highest BCUT2D eigenvalue weighted by Crippen LogP contribution is 2.23. The van der Waals surface area contributed by atoms with Gasteiger partial charge in [0.2, 0.25) is 0 Å². The fourth-order valence-corrected chi connectivity index (χ4v) is 1.51. The van der Waals surface area contributed by atoms with Crippen LogP contribution < -0.4 is 5.73 Å². The number of esters is 1. The van der Waals surface area contributed by atoms with Gasteiger partial charge in [-0.05, 0) is 13.3 Å². The Labute approximate surface area is 102 Å². The van der Waals surface area contributed by atoms with Crippen LogP contribution in [0, 0.1) is 0 Å². The summed E-state index contributed by atoms with van der Waals surface area (Å²) in [6, 6.07) is 0. The van der Waals surface area contributed by atoms with Gasteiger partial charge in [-0.1, -0.05) is 6.92 Å². The molecule has 102 valence electrons. The van der Waals surface area contributed by atoms with Crippen LogP contribution >= 0.6 is 0 Å². The molecular weight excluding hydrogens is 251 g/mol. The fraction of sp³-hybridized carbons (Fsp3) is 0.600. The smallest absolute Gasteiger partial charge is 0.408 e. The standard InChI is InChI=1S/C10H14F3N3O2/c1-3-6-7(9(17)18-4-2)15-16(8(6)14)5-10(11,12)13/h3-5,14H2,1-2H3. The Bertz CT molecular complexity index is 440.